The van der Waals surface area contributed by atoms with Gasteiger partial charge in [-0.1, -0.05) is 75.4 Å². The molecule has 0 radical (unpaired) electrons. The number of hydrogen-bond donors (Lipinski definition) is 0. The predicted octanol–water partition coefficient (Wildman–Crippen LogP) is 6.51. The first kappa shape index (κ1) is 17.4. The van der Waals surface area contributed by atoms with E-state index < -0.39 is 0 Å². The third kappa shape index (κ3) is 3.71. The summed E-state index contributed by atoms with van der Waals surface area (Å²) in [7, 11) is 0. The van der Waals surface area contributed by atoms with E-state index in [2.05, 4.69) is 60.4 Å². The second-order valence-electron chi connectivity index (χ2n) is 7.57. The van der Waals surface area contributed by atoms with Crippen LogP contribution in [0.3, 0.4) is 0 Å². The molecule has 0 saturated heterocycles. The van der Waals surface area contributed by atoms with Gasteiger partial charge in [-0.15, -0.1) is 0 Å². The molecule has 0 bridgehead atoms. The fourth-order valence-corrected chi connectivity index (χ4v) is 4.03. The standard InChI is InChI=1S/C24H29NO/c1-2-3-4-5-6-9-14-25-17-22-13-12-21-15-19-10-7-8-11-20(19)16-23(21)24(22)26-18-25/h7-8,10-13,15-16H,2-6,9,14,17-18H2,1H3. The van der Waals surface area contributed by atoms with Gasteiger partial charge in [0.2, 0.25) is 0 Å². The Hall–Kier alpha value is -2.06. The molecule has 0 spiro atoms. The Bertz CT molecular complexity index is 886. The van der Waals surface area contributed by atoms with Gasteiger partial charge in [-0.3, -0.25) is 4.90 Å². The Balaban J connectivity index is 1.46. The Labute approximate surface area is 156 Å². The van der Waals surface area contributed by atoms with E-state index in [4.69, 9.17) is 4.74 Å². The Morgan fingerprint density at radius 3 is 2.46 bits per heavy atom. The average molecular weight is 348 g/mol. The second-order valence-corrected chi connectivity index (χ2v) is 7.57. The molecule has 1 aliphatic heterocycles. The van der Waals surface area contributed by atoms with Crippen molar-refractivity contribution in [1.82, 2.24) is 4.90 Å². The summed E-state index contributed by atoms with van der Waals surface area (Å²) in [6.07, 6.45) is 8.07. The topological polar surface area (TPSA) is 12.5 Å². The molecular weight excluding hydrogens is 318 g/mol. The Kier molecular flexibility index (Phi) is 5.40. The van der Waals surface area contributed by atoms with Crippen molar-refractivity contribution in [3.63, 3.8) is 0 Å². The summed E-state index contributed by atoms with van der Waals surface area (Å²) in [6.45, 7) is 5.14. The molecule has 136 valence electrons. The van der Waals surface area contributed by atoms with E-state index in [1.807, 2.05) is 0 Å². The molecule has 3 aromatic rings. The van der Waals surface area contributed by atoms with Crippen LogP contribution >= 0.6 is 0 Å². The maximum atomic E-state index is 6.22. The van der Waals surface area contributed by atoms with Gasteiger partial charge < -0.3 is 4.74 Å². The molecule has 0 unspecified atom stereocenters. The number of rotatable bonds is 7. The summed E-state index contributed by atoms with van der Waals surface area (Å²) >= 11 is 0. The van der Waals surface area contributed by atoms with E-state index in [1.54, 1.807) is 0 Å². The van der Waals surface area contributed by atoms with Crippen LogP contribution in [0.15, 0.2) is 48.5 Å². The van der Waals surface area contributed by atoms with Crippen molar-refractivity contribution in [2.24, 2.45) is 0 Å². The van der Waals surface area contributed by atoms with Crippen LogP contribution in [0.1, 0.15) is 51.0 Å². The lowest BCUT2D eigenvalue weighted by Crippen LogP contribution is -2.32. The van der Waals surface area contributed by atoms with Crippen LogP contribution in [0.2, 0.25) is 0 Å². The minimum absolute atomic E-state index is 0.716. The third-order valence-corrected chi connectivity index (χ3v) is 5.53. The van der Waals surface area contributed by atoms with Crippen LogP contribution in [0.4, 0.5) is 0 Å². The fourth-order valence-electron chi connectivity index (χ4n) is 4.03. The van der Waals surface area contributed by atoms with E-state index in [1.165, 1.54) is 65.6 Å². The molecule has 26 heavy (non-hydrogen) atoms. The van der Waals surface area contributed by atoms with E-state index in [0.717, 1.165) is 18.8 Å². The van der Waals surface area contributed by atoms with Crippen LogP contribution in [-0.2, 0) is 6.54 Å². The van der Waals surface area contributed by atoms with Gasteiger partial charge in [0.05, 0.1) is 0 Å². The lowest BCUT2D eigenvalue weighted by Gasteiger charge is -2.30. The van der Waals surface area contributed by atoms with Gasteiger partial charge in [0, 0.05) is 24.0 Å². The van der Waals surface area contributed by atoms with Gasteiger partial charge in [-0.05, 0) is 34.7 Å². The SMILES string of the molecule is CCCCCCCCN1COc2c(ccc3cc4ccccc4cc23)C1. The first-order chi connectivity index (χ1) is 12.8. The van der Waals surface area contributed by atoms with Gasteiger partial charge in [0.1, 0.15) is 12.5 Å². The summed E-state index contributed by atoms with van der Waals surface area (Å²) in [6, 6.07) is 17.6. The maximum absolute atomic E-state index is 6.22. The highest BCUT2D eigenvalue weighted by atomic mass is 16.5. The zero-order chi connectivity index (χ0) is 17.8. The van der Waals surface area contributed by atoms with Gasteiger partial charge in [-0.2, -0.15) is 0 Å². The van der Waals surface area contributed by atoms with Gasteiger partial charge in [0.15, 0.2) is 0 Å². The molecule has 0 atom stereocenters. The number of ether oxygens (including phenoxy) is 1. The summed E-state index contributed by atoms with van der Waals surface area (Å²) in [5.74, 6) is 1.09. The molecule has 0 N–H and O–H groups in total. The lowest BCUT2D eigenvalue weighted by atomic mass is 9.99. The average Bonchev–Trinajstić information content (AvgIpc) is 2.69. The largest absolute Gasteiger partial charge is 0.477 e. The first-order valence-corrected chi connectivity index (χ1v) is 10.1. The van der Waals surface area contributed by atoms with Crippen molar-refractivity contribution in [3.05, 3.63) is 54.1 Å². The van der Waals surface area contributed by atoms with Gasteiger partial charge in [0.25, 0.3) is 0 Å². The molecule has 1 aliphatic rings. The van der Waals surface area contributed by atoms with Crippen LogP contribution in [0.25, 0.3) is 21.5 Å². The van der Waals surface area contributed by atoms with Crippen molar-refractivity contribution in [3.8, 4) is 5.75 Å². The second kappa shape index (κ2) is 8.09. The highest BCUT2D eigenvalue weighted by molar-refractivity contribution is 6.01. The molecule has 0 aliphatic carbocycles. The molecule has 4 rings (SSSR count). The zero-order valence-electron chi connectivity index (χ0n) is 15.8. The molecule has 0 aromatic heterocycles. The normalized spacial score (nSPS) is 14.5. The van der Waals surface area contributed by atoms with Gasteiger partial charge >= 0.3 is 0 Å². The fraction of sp³-hybridized carbons (Fsp3) is 0.417. The van der Waals surface area contributed by atoms with E-state index in [-0.39, 0.29) is 0 Å². The lowest BCUT2D eigenvalue weighted by molar-refractivity contribution is 0.0952. The molecular formula is C24H29NO. The number of nitrogens with zero attached hydrogens (tertiary/aromatic N) is 1. The molecule has 1 heterocycles. The van der Waals surface area contributed by atoms with Gasteiger partial charge in [-0.25, -0.2) is 0 Å². The number of fused-ring (bicyclic) bond motifs is 4. The summed E-state index contributed by atoms with van der Waals surface area (Å²) in [4.78, 5) is 2.44. The van der Waals surface area contributed by atoms with Crippen molar-refractivity contribution < 1.29 is 4.74 Å². The first-order valence-electron chi connectivity index (χ1n) is 10.1. The highest BCUT2D eigenvalue weighted by Crippen LogP contribution is 2.35. The third-order valence-electron chi connectivity index (χ3n) is 5.53. The monoisotopic (exact) mass is 347 g/mol. The number of benzene rings is 3. The van der Waals surface area contributed by atoms with Crippen LogP contribution in [0, 0.1) is 0 Å². The summed E-state index contributed by atoms with van der Waals surface area (Å²) in [5.41, 5.74) is 1.32. The van der Waals surface area contributed by atoms with Crippen LogP contribution in [0.5, 0.6) is 5.75 Å². The minimum Gasteiger partial charge on any atom is -0.477 e. The Morgan fingerprint density at radius 1 is 0.846 bits per heavy atom. The number of hydrogen-bond acceptors (Lipinski definition) is 2. The minimum atomic E-state index is 0.716. The molecule has 2 nitrogen and oxygen atoms in total. The molecule has 0 fully saturated rings. The smallest absolute Gasteiger partial charge is 0.142 e. The van der Waals surface area contributed by atoms with E-state index >= 15 is 0 Å². The van der Waals surface area contributed by atoms with Crippen molar-refractivity contribution in [2.75, 3.05) is 13.3 Å². The summed E-state index contributed by atoms with van der Waals surface area (Å²) in [5, 5.41) is 5.10. The molecule has 3 aromatic carbocycles. The van der Waals surface area contributed by atoms with Crippen LogP contribution < -0.4 is 4.74 Å². The zero-order valence-corrected chi connectivity index (χ0v) is 15.8. The number of unbranched alkanes of at least 4 members (excludes halogenated alkanes) is 5. The Morgan fingerprint density at radius 2 is 1.62 bits per heavy atom. The van der Waals surface area contributed by atoms with Crippen molar-refractivity contribution in [2.45, 2.75) is 52.0 Å². The molecule has 2 heteroatoms. The predicted molar refractivity (Wildman–Crippen MR) is 111 cm³/mol. The quantitative estimate of drug-likeness (QED) is 0.357. The van der Waals surface area contributed by atoms with Crippen molar-refractivity contribution >= 4 is 21.5 Å². The highest BCUT2D eigenvalue weighted by Gasteiger charge is 2.19. The summed E-state index contributed by atoms with van der Waals surface area (Å²) < 4.78 is 6.22. The van der Waals surface area contributed by atoms with Crippen LogP contribution in [-0.4, -0.2) is 18.2 Å². The van der Waals surface area contributed by atoms with E-state index in [0.29, 0.717) is 6.73 Å². The molecule has 0 saturated carbocycles. The maximum Gasteiger partial charge on any atom is 0.142 e. The molecule has 0 amide bonds. The van der Waals surface area contributed by atoms with Crippen molar-refractivity contribution in [1.29, 1.82) is 0 Å². The van der Waals surface area contributed by atoms with E-state index in [9.17, 15) is 0 Å².